The fraction of sp³-hybridized carbons (Fsp3) is 0.259. The highest BCUT2D eigenvalue weighted by atomic mass is 16.2. The van der Waals surface area contributed by atoms with E-state index in [1.54, 1.807) is 18.3 Å². The molecule has 0 fully saturated rings. The van der Waals surface area contributed by atoms with Crippen molar-refractivity contribution in [3.8, 4) is 28.5 Å². The molecule has 176 valence electrons. The van der Waals surface area contributed by atoms with Crippen molar-refractivity contribution in [2.75, 3.05) is 27.2 Å². The SMILES string of the molecule is Cc1c[nH]c2nccc(-c3c(-c4cccc(C#N)c4)nn4c3CN(C(=O)/C=C/CN(C)C)CC4)c12. The molecular weight excluding hydrogens is 438 g/mol. The molecule has 1 aliphatic rings. The molecule has 0 radical (unpaired) electrons. The van der Waals surface area contributed by atoms with Gasteiger partial charge in [-0.2, -0.15) is 10.4 Å². The Balaban J connectivity index is 1.65. The lowest BCUT2D eigenvalue weighted by Crippen LogP contribution is -2.37. The highest BCUT2D eigenvalue weighted by Gasteiger charge is 2.28. The van der Waals surface area contributed by atoms with Crippen molar-refractivity contribution >= 4 is 16.9 Å². The van der Waals surface area contributed by atoms with Crippen LogP contribution in [0.5, 0.6) is 0 Å². The molecule has 5 rings (SSSR count). The number of H-pyrrole nitrogens is 1. The van der Waals surface area contributed by atoms with Crippen molar-refractivity contribution in [2.45, 2.75) is 20.0 Å². The second-order valence-electron chi connectivity index (χ2n) is 9.06. The van der Waals surface area contributed by atoms with E-state index < -0.39 is 0 Å². The Morgan fingerprint density at radius 1 is 1.29 bits per heavy atom. The van der Waals surface area contributed by atoms with Crippen LogP contribution in [0.4, 0.5) is 0 Å². The zero-order chi connectivity index (χ0) is 24.5. The molecule has 4 heterocycles. The number of carbonyl (C=O) groups excluding carboxylic acids is 1. The fourth-order valence-corrected chi connectivity index (χ4v) is 4.62. The van der Waals surface area contributed by atoms with Gasteiger partial charge in [0.2, 0.25) is 5.91 Å². The maximum atomic E-state index is 13.0. The molecule has 0 saturated carbocycles. The molecule has 0 unspecified atom stereocenters. The van der Waals surface area contributed by atoms with Crippen LogP contribution in [0, 0.1) is 18.3 Å². The summed E-state index contributed by atoms with van der Waals surface area (Å²) in [6.45, 7) is 4.42. The zero-order valence-corrected chi connectivity index (χ0v) is 20.1. The van der Waals surface area contributed by atoms with E-state index in [0.29, 0.717) is 31.7 Å². The van der Waals surface area contributed by atoms with Crippen molar-refractivity contribution in [1.82, 2.24) is 29.5 Å². The minimum absolute atomic E-state index is 0.00372. The van der Waals surface area contributed by atoms with Crippen LogP contribution in [0.15, 0.2) is 54.9 Å². The molecule has 3 aromatic heterocycles. The number of fused-ring (bicyclic) bond motifs is 2. The first-order valence-corrected chi connectivity index (χ1v) is 11.6. The highest BCUT2D eigenvalue weighted by molar-refractivity contribution is 6.00. The molecule has 0 saturated heterocycles. The second kappa shape index (κ2) is 9.20. The number of aryl methyl sites for hydroxylation is 1. The number of nitrogens with one attached hydrogen (secondary N) is 1. The number of amides is 1. The Labute approximate surface area is 204 Å². The summed E-state index contributed by atoms with van der Waals surface area (Å²) < 4.78 is 2.01. The first-order chi connectivity index (χ1) is 17.0. The molecule has 1 N–H and O–H groups in total. The van der Waals surface area contributed by atoms with Gasteiger partial charge in [-0.3, -0.25) is 9.48 Å². The molecule has 4 aromatic rings. The first kappa shape index (κ1) is 22.6. The Kier molecular flexibility index (Phi) is 5.93. The average Bonchev–Trinajstić information content (AvgIpc) is 3.44. The molecule has 1 amide bonds. The van der Waals surface area contributed by atoms with Crippen LogP contribution in [-0.4, -0.2) is 62.6 Å². The molecule has 0 aliphatic carbocycles. The Bertz CT molecular complexity index is 1490. The Morgan fingerprint density at radius 3 is 2.94 bits per heavy atom. The third kappa shape index (κ3) is 4.22. The van der Waals surface area contributed by atoms with Gasteiger partial charge in [-0.15, -0.1) is 0 Å². The summed E-state index contributed by atoms with van der Waals surface area (Å²) in [6, 6.07) is 11.8. The van der Waals surface area contributed by atoms with Gasteiger partial charge < -0.3 is 14.8 Å². The summed E-state index contributed by atoms with van der Waals surface area (Å²) >= 11 is 0. The van der Waals surface area contributed by atoms with Gasteiger partial charge in [0.15, 0.2) is 0 Å². The quantitative estimate of drug-likeness (QED) is 0.453. The topological polar surface area (TPSA) is 93.8 Å². The third-order valence-corrected chi connectivity index (χ3v) is 6.33. The van der Waals surface area contributed by atoms with Crippen LogP contribution in [0.25, 0.3) is 33.4 Å². The van der Waals surface area contributed by atoms with Crippen molar-refractivity contribution in [3.63, 3.8) is 0 Å². The summed E-state index contributed by atoms with van der Waals surface area (Å²) in [4.78, 5) is 24.6. The number of benzene rings is 1. The fourth-order valence-electron chi connectivity index (χ4n) is 4.62. The van der Waals surface area contributed by atoms with Gasteiger partial charge >= 0.3 is 0 Å². The monoisotopic (exact) mass is 465 g/mol. The highest BCUT2D eigenvalue weighted by Crippen LogP contribution is 2.40. The van der Waals surface area contributed by atoms with Crippen LogP contribution in [0.3, 0.4) is 0 Å². The largest absolute Gasteiger partial charge is 0.346 e. The zero-order valence-electron chi connectivity index (χ0n) is 20.1. The van der Waals surface area contributed by atoms with Crippen molar-refractivity contribution in [3.05, 3.63) is 71.7 Å². The molecule has 1 aromatic carbocycles. The Hall–Kier alpha value is -4.22. The number of nitriles is 1. The minimum atomic E-state index is -0.00372. The predicted octanol–water partition coefficient (Wildman–Crippen LogP) is 3.73. The molecular formula is C27H27N7O. The molecule has 0 spiro atoms. The number of aromatic nitrogens is 4. The van der Waals surface area contributed by atoms with Crippen LogP contribution in [-0.2, 0) is 17.9 Å². The van der Waals surface area contributed by atoms with E-state index in [1.165, 1.54) is 0 Å². The lowest BCUT2D eigenvalue weighted by molar-refractivity contribution is -0.127. The van der Waals surface area contributed by atoms with E-state index in [9.17, 15) is 10.1 Å². The minimum Gasteiger partial charge on any atom is -0.346 e. The molecule has 1 aliphatic heterocycles. The summed E-state index contributed by atoms with van der Waals surface area (Å²) in [5, 5.41) is 15.5. The van der Waals surface area contributed by atoms with Gasteiger partial charge in [-0.05, 0) is 50.3 Å². The smallest absolute Gasteiger partial charge is 0.246 e. The second-order valence-corrected chi connectivity index (χ2v) is 9.06. The van der Waals surface area contributed by atoms with Crippen LogP contribution in [0.1, 0.15) is 16.8 Å². The summed E-state index contributed by atoms with van der Waals surface area (Å²) in [6.07, 6.45) is 7.30. The van der Waals surface area contributed by atoms with E-state index in [2.05, 4.69) is 23.0 Å². The molecule has 35 heavy (non-hydrogen) atoms. The number of likely N-dealkylation sites (N-methyl/N-ethyl adjacent to an activating group) is 1. The molecule has 0 bridgehead atoms. The lowest BCUT2D eigenvalue weighted by Gasteiger charge is -2.27. The lowest BCUT2D eigenvalue weighted by atomic mass is 9.95. The predicted molar refractivity (Wildman–Crippen MR) is 135 cm³/mol. The van der Waals surface area contributed by atoms with Crippen molar-refractivity contribution < 1.29 is 4.79 Å². The van der Waals surface area contributed by atoms with E-state index in [0.717, 1.165) is 44.7 Å². The average molecular weight is 466 g/mol. The number of nitrogens with zero attached hydrogens (tertiary/aromatic N) is 6. The third-order valence-electron chi connectivity index (χ3n) is 6.33. The van der Waals surface area contributed by atoms with Crippen molar-refractivity contribution in [2.24, 2.45) is 0 Å². The van der Waals surface area contributed by atoms with Gasteiger partial charge in [-0.25, -0.2) is 4.98 Å². The maximum Gasteiger partial charge on any atom is 0.246 e. The first-order valence-electron chi connectivity index (χ1n) is 11.6. The number of pyridine rings is 1. The summed E-state index contributed by atoms with van der Waals surface area (Å²) in [7, 11) is 3.95. The normalized spacial score (nSPS) is 13.5. The van der Waals surface area contributed by atoms with Gasteiger partial charge in [0.05, 0.1) is 30.4 Å². The number of carbonyl (C=O) groups is 1. The van der Waals surface area contributed by atoms with Crippen LogP contribution in [0.2, 0.25) is 0 Å². The van der Waals surface area contributed by atoms with Gasteiger partial charge in [0.25, 0.3) is 0 Å². The van der Waals surface area contributed by atoms with Crippen LogP contribution < -0.4 is 0 Å². The summed E-state index contributed by atoms with van der Waals surface area (Å²) in [5.41, 5.74) is 7.15. The van der Waals surface area contributed by atoms with E-state index >= 15 is 0 Å². The van der Waals surface area contributed by atoms with Gasteiger partial charge in [0.1, 0.15) is 11.3 Å². The molecule has 8 heteroatoms. The standard InChI is InChI=1S/C27H27N7O/c1-18-16-30-27-24(18)21(9-10-29-27)25-22-17-33(23(35)8-5-11-32(2)3)12-13-34(22)31-26(25)20-7-4-6-19(14-20)15-28/h4-10,14,16H,11-13,17H2,1-3H3,(H,29,30)/b8-5+. The maximum absolute atomic E-state index is 13.0. The number of hydrogen-bond donors (Lipinski definition) is 1. The van der Waals surface area contributed by atoms with E-state index in [1.807, 2.05) is 65.1 Å². The molecule has 8 nitrogen and oxygen atoms in total. The number of hydrogen-bond acceptors (Lipinski definition) is 5. The van der Waals surface area contributed by atoms with E-state index in [4.69, 9.17) is 5.10 Å². The van der Waals surface area contributed by atoms with Crippen molar-refractivity contribution in [1.29, 1.82) is 5.26 Å². The number of aromatic amines is 1. The summed E-state index contributed by atoms with van der Waals surface area (Å²) in [5.74, 6) is -0.00372. The van der Waals surface area contributed by atoms with Crippen LogP contribution >= 0.6 is 0 Å². The molecule has 0 atom stereocenters. The van der Waals surface area contributed by atoms with Gasteiger partial charge in [0, 0.05) is 48.1 Å². The number of rotatable bonds is 5. The van der Waals surface area contributed by atoms with E-state index in [-0.39, 0.29) is 5.91 Å². The Morgan fingerprint density at radius 2 is 2.14 bits per heavy atom. The van der Waals surface area contributed by atoms with Gasteiger partial charge in [-0.1, -0.05) is 18.2 Å².